The van der Waals surface area contributed by atoms with E-state index < -0.39 is 15.8 Å². The Bertz CT molecular complexity index is 565. The van der Waals surface area contributed by atoms with Gasteiger partial charge in [-0.3, -0.25) is 4.79 Å². The molecule has 1 N–H and O–H groups in total. The summed E-state index contributed by atoms with van der Waals surface area (Å²) in [6, 6.07) is 4.65. The largest absolute Gasteiger partial charge is 0.481 e. The Morgan fingerprint density at radius 3 is 2.82 bits per heavy atom. The number of carboxylic acid groups (broad SMARTS) is 1. The quantitative estimate of drug-likeness (QED) is 0.916. The third-order valence-electron chi connectivity index (χ3n) is 2.87. The van der Waals surface area contributed by atoms with Gasteiger partial charge >= 0.3 is 5.97 Å². The molecule has 4 nitrogen and oxygen atoms in total. The molecule has 1 heterocycles. The van der Waals surface area contributed by atoms with Crippen LogP contribution in [-0.4, -0.2) is 25.2 Å². The molecule has 1 unspecified atom stereocenters. The molecule has 6 heteroatoms. The van der Waals surface area contributed by atoms with Gasteiger partial charge in [-0.25, -0.2) is 8.42 Å². The summed E-state index contributed by atoms with van der Waals surface area (Å²) >= 11 is 5.83. The van der Waals surface area contributed by atoms with E-state index in [1.54, 1.807) is 6.07 Å². The number of halogens is 1. The molecule has 1 aromatic carbocycles. The number of hydrogen-bond donors (Lipinski definition) is 1. The van der Waals surface area contributed by atoms with Gasteiger partial charge < -0.3 is 5.11 Å². The molecule has 0 saturated carbocycles. The fraction of sp³-hybridized carbons (Fsp3) is 0.364. The molecule has 0 bridgehead atoms. The molecule has 0 radical (unpaired) electrons. The Hall–Kier alpha value is -1.07. The molecule has 92 valence electrons. The van der Waals surface area contributed by atoms with Gasteiger partial charge in [-0.05, 0) is 30.2 Å². The van der Waals surface area contributed by atoms with Gasteiger partial charge in [0.05, 0.1) is 10.6 Å². The fourth-order valence-corrected chi connectivity index (χ4v) is 4.20. The van der Waals surface area contributed by atoms with Gasteiger partial charge in [0.15, 0.2) is 9.84 Å². The van der Waals surface area contributed by atoms with E-state index in [9.17, 15) is 13.2 Å². The molecule has 2 rings (SSSR count). The van der Waals surface area contributed by atoms with E-state index in [2.05, 4.69) is 0 Å². The summed E-state index contributed by atoms with van der Waals surface area (Å²) in [5.74, 6) is -1.20. The molecule has 0 aliphatic carbocycles. The van der Waals surface area contributed by atoms with Crippen molar-refractivity contribution >= 4 is 27.4 Å². The number of rotatable bonds is 3. The predicted molar refractivity (Wildman–Crippen MR) is 63.1 cm³/mol. The maximum absolute atomic E-state index is 11.8. The van der Waals surface area contributed by atoms with Gasteiger partial charge in [0.1, 0.15) is 0 Å². The van der Waals surface area contributed by atoms with Crippen molar-refractivity contribution in [2.24, 2.45) is 0 Å². The van der Waals surface area contributed by atoms with Crippen LogP contribution >= 0.6 is 11.6 Å². The average Bonchev–Trinajstić information content (AvgIpc) is 2.47. The molecule has 17 heavy (non-hydrogen) atoms. The first-order valence-corrected chi connectivity index (χ1v) is 7.17. The van der Waals surface area contributed by atoms with Crippen LogP contribution in [0.1, 0.15) is 24.3 Å². The number of fused-ring (bicyclic) bond motifs is 1. The molecule has 0 fully saturated rings. The van der Waals surface area contributed by atoms with Gasteiger partial charge in [0, 0.05) is 17.4 Å². The van der Waals surface area contributed by atoms with Crippen molar-refractivity contribution in [1.82, 2.24) is 0 Å². The van der Waals surface area contributed by atoms with E-state index in [-0.39, 0.29) is 23.0 Å². The molecule has 1 aromatic rings. The Balaban J connectivity index is 2.36. The van der Waals surface area contributed by atoms with E-state index in [0.29, 0.717) is 17.0 Å². The second-order valence-electron chi connectivity index (χ2n) is 4.09. The lowest BCUT2D eigenvalue weighted by Gasteiger charge is -2.07. The Morgan fingerprint density at radius 1 is 1.47 bits per heavy atom. The van der Waals surface area contributed by atoms with Crippen molar-refractivity contribution in [3.63, 3.8) is 0 Å². The molecule has 0 aromatic heterocycles. The standard InChI is InChI=1S/C11H11ClO4S/c12-8-2-3-10-9(5-8)7(1-4-11(13)14)6-17(10,15)16/h2-3,5,7H,1,4,6H2,(H,13,14). The van der Waals surface area contributed by atoms with Crippen LogP contribution < -0.4 is 0 Å². The summed E-state index contributed by atoms with van der Waals surface area (Å²) in [5, 5.41) is 9.10. The summed E-state index contributed by atoms with van der Waals surface area (Å²) in [6.45, 7) is 0. The van der Waals surface area contributed by atoms with Crippen molar-refractivity contribution in [2.45, 2.75) is 23.7 Å². The molecule has 1 aliphatic rings. The monoisotopic (exact) mass is 274 g/mol. The minimum Gasteiger partial charge on any atom is -0.481 e. The highest BCUT2D eigenvalue weighted by Crippen LogP contribution is 2.38. The number of benzene rings is 1. The molecule has 0 spiro atoms. The first-order chi connectivity index (χ1) is 7.90. The van der Waals surface area contributed by atoms with Crippen LogP contribution in [-0.2, 0) is 14.6 Å². The number of carboxylic acids is 1. The number of carbonyl (C=O) groups is 1. The highest BCUT2D eigenvalue weighted by atomic mass is 35.5. The van der Waals surface area contributed by atoms with E-state index in [4.69, 9.17) is 16.7 Å². The number of sulfone groups is 1. The summed E-state index contributed by atoms with van der Waals surface area (Å²) in [6.07, 6.45) is 0.286. The van der Waals surface area contributed by atoms with Crippen molar-refractivity contribution in [1.29, 1.82) is 0 Å². The molecular formula is C11H11ClO4S. The summed E-state index contributed by atoms with van der Waals surface area (Å²) < 4.78 is 23.7. The predicted octanol–water partition coefficient (Wildman–Crippen LogP) is 2.08. The number of hydrogen-bond acceptors (Lipinski definition) is 3. The minimum absolute atomic E-state index is 0.0179. The molecule has 1 aliphatic heterocycles. The van der Waals surface area contributed by atoms with Gasteiger partial charge in [0.2, 0.25) is 0 Å². The second kappa shape index (κ2) is 4.31. The average molecular weight is 275 g/mol. The van der Waals surface area contributed by atoms with Crippen LogP contribution in [0, 0.1) is 0 Å². The van der Waals surface area contributed by atoms with Crippen LogP contribution in [0.4, 0.5) is 0 Å². The first-order valence-electron chi connectivity index (χ1n) is 5.14. The normalized spacial score (nSPS) is 21.1. The van der Waals surface area contributed by atoms with E-state index in [0.717, 1.165) is 0 Å². The van der Waals surface area contributed by atoms with Crippen LogP contribution in [0.25, 0.3) is 0 Å². The van der Waals surface area contributed by atoms with Crippen LogP contribution in [0.2, 0.25) is 5.02 Å². The maximum atomic E-state index is 11.8. The molecule has 0 amide bonds. The van der Waals surface area contributed by atoms with E-state index >= 15 is 0 Å². The lowest BCUT2D eigenvalue weighted by atomic mass is 9.96. The summed E-state index contributed by atoms with van der Waals surface area (Å²) in [4.78, 5) is 10.8. The summed E-state index contributed by atoms with van der Waals surface area (Å²) in [7, 11) is -3.27. The van der Waals surface area contributed by atoms with Gasteiger partial charge in [-0.1, -0.05) is 11.6 Å². The van der Waals surface area contributed by atoms with Crippen LogP contribution in [0.5, 0.6) is 0 Å². The zero-order valence-corrected chi connectivity index (χ0v) is 10.5. The van der Waals surface area contributed by atoms with Gasteiger partial charge in [-0.15, -0.1) is 0 Å². The highest BCUT2D eigenvalue weighted by molar-refractivity contribution is 7.91. The van der Waals surface area contributed by atoms with Crippen LogP contribution in [0.15, 0.2) is 23.1 Å². The smallest absolute Gasteiger partial charge is 0.303 e. The Labute approximate surface area is 104 Å². The lowest BCUT2D eigenvalue weighted by Crippen LogP contribution is -2.06. The lowest BCUT2D eigenvalue weighted by molar-refractivity contribution is -0.137. The first kappa shape index (κ1) is 12.4. The third-order valence-corrected chi connectivity index (χ3v) is 4.99. The minimum atomic E-state index is -3.27. The summed E-state index contributed by atoms with van der Waals surface area (Å²) in [5.41, 5.74) is 0.652. The highest BCUT2D eigenvalue weighted by Gasteiger charge is 2.34. The SMILES string of the molecule is O=C(O)CCC1CS(=O)(=O)c2ccc(Cl)cc21. The van der Waals surface area contributed by atoms with Crippen molar-refractivity contribution in [3.8, 4) is 0 Å². The zero-order valence-electron chi connectivity index (χ0n) is 8.89. The van der Waals surface area contributed by atoms with Crippen LogP contribution in [0.3, 0.4) is 0 Å². The Kier molecular flexibility index (Phi) is 3.14. The van der Waals surface area contributed by atoms with E-state index in [1.807, 2.05) is 0 Å². The molecule has 0 saturated heterocycles. The van der Waals surface area contributed by atoms with Gasteiger partial charge in [0.25, 0.3) is 0 Å². The Morgan fingerprint density at radius 2 is 2.18 bits per heavy atom. The zero-order chi connectivity index (χ0) is 12.6. The van der Waals surface area contributed by atoms with Crippen molar-refractivity contribution < 1.29 is 18.3 Å². The molecule has 1 atom stereocenters. The fourth-order valence-electron chi connectivity index (χ4n) is 2.10. The van der Waals surface area contributed by atoms with Crippen molar-refractivity contribution in [2.75, 3.05) is 5.75 Å². The second-order valence-corrected chi connectivity index (χ2v) is 6.53. The van der Waals surface area contributed by atoms with Crippen molar-refractivity contribution in [3.05, 3.63) is 28.8 Å². The maximum Gasteiger partial charge on any atom is 0.303 e. The third kappa shape index (κ3) is 2.45. The number of aliphatic carboxylic acids is 1. The van der Waals surface area contributed by atoms with E-state index in [1.165, 1.54) is 12.1 Å². The topological polar surface area (TPSA) is 71.4 Å². The van der Waals surface area contributed by atoms with Gasteiger partial charge in [-0.2, -0.15) is 0 Å². The molecular weight excluding hydrogens is 264 g/mol.